The number of hydrogen-bond acceptors (Lipinski definition) is 2. The van der Waals surface area contributed by atoms with Gasteiger partial charge >= 0.3 is 11.9 Å². The van der Waals surface area contributed by atoms with Crippen molar-refractivity contribution in [1.82, 2.24) is 0 Å². The topological polar surface area (TPSA) is 57.6 Å². The summed E-state index contributed by atoms with van der Waals surface area (Å²) in [7, 11) is 0. The van der Waals surface area contributed by atoms with Gasteiger partial charge in [-0.3, -0.25) is 9.69 Å². The van der Waals surface area contributed by atoms with Gasteiger partial charge in [0.1, 0.15) is 0 Å². The van der Waals surface area contributed by atoms with Crippen LogP contribution in [0.25, 0.3) is 0 Å². The largest absolute Gasteiger partial charge is 0.474 e. The van der Waals surface area contributed by atoms with Gasteiger partial charge in [-0.05, 0) is 18.1 Å². The number of carboxylic acid groups (broad SMARTS) is 1. The number of nitrogens with zero attached hydrogens (tertiary/aromatic N) is 1. The molecule has 0 aromatic heterocycles. The number of carbonyl (C=O) groups excluding carboxylic acids is 1. The lowest BCUT2D eigenvalue weighted by Crippen LogP contribution is -2.33. The molecule has 15 heavy (non-hydrogen) atoms. The van der Waals surface area contributed by atoms with Crippen LogP contribution in [0.15, 0.2) is 36.5 Å². The van der Waals surface area contributed by atoms with Crippen LogP contribution < -0.4 is 4.90 Å². The number of carboxylic acids is 1. The molecule has 0 saturated carbocycles. The van der Waals surface area contributed by atoms with Crippen molar-refractivity contribution in [3.05, 3.63) is 42.1 Å². The second-order valence-corrected chi connectivity index (χ2v) is 3.20. The molecule has 1 aromatic carbocycles. The molecule has 0 aliphatic carbocycles. The lowest BCUT2D eigenvalue weighted by Gasteiger charge is -2.22. The molecular weight excluding hydrogens is 194 g/mol. The first-order valence-electron chi connectivity index (χ1n) is 4.51. The van der Waals surface area contributed by atoms with Crippen molar-refractivity contribution >= 4 is 17.6 Å². The molecule has 1 aliphatic rings. The third-order valence-electron chi connectivity index (χ3n) is 2.25. The number of amides is 1. The van der Waals surface area contributed by atoms with E-state index < -0.39 is 11.9 Å². The highest BCUT2D eigenvalue weighted by atomic mass is 16.4. The molecule has 0 atom stereocenters. The van der Waals surface area contributed by atoms with Crippen molar-refractivity contribution in [2.45, 2.75) is 6.42 Å². The Labute approximate surface area is 86.4 Å². The van der Waals surface area contributed by atoms with Crippen molar-refractivity contribution < 1.29 is 14.7 Å². The summed E-state index contributed by atoms with van der Waals surface area (Å²) in [5, 5.41) is 8.63. The fourth-order valence-corrected chi connectivity index (χ4v) is 1.56. The fourth-order valence-electron chi connectivity index (χ4n) is 1.56. The van der Waals surface area contributed by atoms with Crippen molar-refractivity contribution in [3.63, 3.8) is 0 Å². The van der Waals surface area contributed by atoms with Crippen LogP contribution in [0.5, 0.6) is 0 Å². The fraction of sp³-hybridized carbons (Fsp3) is 0.0909. The molecule has 0 fully saturated rings. The Morgan fingerprint density at radius 2 is 2.00 bits per heavy atom. The minimum Gasteiger partial charge on any atom is -0.474 e. The summed E-state index contributed by atoms with van der Waals surface area (Å²) in [5.41, 5.74) is 1.60. The third-order valence-corrected chi connectivity index (χ3v) is 2.25. The van der Waals surface area contributed by atoms with Crippen LogP contribution in [-0.2, 0) is 16.0 Å². The van der Waals surface area contributed by atoms with Gasteiger partial charge in [-0.15, -0.1) is 0 Å². The van der Waals surface area contributed by atoms with E-state index in [1.54, 1.807) is 18.2 Å². The molecule has 1 heterocycles. The molecule has 2 rings (SSSR count). The molecule has 1 aliphatic heterocycles. The Hall–Kier alpha value is -2.10. The summed E-state index contributed by atoms with van der Waals surface area (Å²) in [6, 6.07) is 7.25. The van der Waals surface area contributed by atoms with E-state index in [9.17, 15) is 9.59 Å². The number of hydrogen-bond donors (Lipinski definition) is 1. The van der Waals surface area contributed by atoms with Gasteiger partial charge in [0.05, 0.1) is 5.69 Å². The molecule has 0 bridgehead atoms. The van der Waals surface area contributed by atoms with E-state index in [0.717, 1.165) is 16.9 Å². The maximum Gasteiger partial charge on any atom is 0.395 e. The van der Waals surface area contributed by atoms with Crippen LogP contribution in [0.2, 0.25) is 0 Å². The van der Waals surface area contributed by atoms with E-state index in [-0.39, 0.29) is 0 Å². The van der Waals surface area contributed by atoms with Gasteiger partial charge in [0.15, 0.2) is 0 Å². The minimum absolute atomic E-state index is 0.646. The molecular formula is C11H9NO3. The third kappa shape index (κ3) is 1.61. The van der Waals surface area contributed by atoms with Crippen LogP contribution in [0.4, 0.5) is 5.69 Å². The number of anilines is 1. The van der Waals surface area contributed by atoms with Crippen molar-refractivity contribution in [2.24, 2.45) is 0 Å². The normalized spacial score (nSPS) is 13.5. The predicted octanol–water partition coefficient (Wildman–Crippen LogP) is 1.17. The Balaban J connectivity index is 2.42. The second kappa shape index (κ2) is 3.57. The number of fused-ring (bicyclic) bond motifs is 1. The van der Waals surface area contributed by atoms with E-state index in [2.05, 4.69) is 0 Å². The predicted molar refractivity (Wildman–Crippen MR) is 54.4 cm³/mol. The van der Waals surface area contributed by atoms with E-state index in [0.29, 0.717) is 5.69 Å². The minimum atomic E-state index is -1.45. The standard InChI is InChI=1S/C11H9NO3/c13-10(11(14)15)12-7-3-5-8-4-1-2-6-9(8)12/h1-4,6-7H,5H2,(H,14,15). The summed E-state index contributed by atoms with van der Waals surface area (Å²) >= 11 is 0. The highest BCUT2D eigenvalue weighted by Gasteiger charge is 2.23. The first-order chi connectivity index (χ1) is 7.20. The number of para-hydroxylation sites is 1. The van der Waals surface area contributed by atoms with Crippen molar-refractivity contribution in [1.29, 1.82) is 0 Å². The molecule has 4 nitrogen and oxygen atoms in total. The summed E-state index contributed by atoms with van der Waals surface area (Å²) in [5.74, 6) is -2.38. The highest BCUT2D eigenvalue weighted by molar-refractivity contribution is 6.38. The SMILES string of the molecule is O=C(O)C(=O)N1C=CCc2ccccc21. The zero-order chi connectivity index (χ0) is 10.8. The smallest absolute Gasteiger partial charge is 0.395 e. The molecule has 0 unspecified atom stereocenters. The summed E-state index contributed by atoms with van der Waals surface area (Å²) in [6.45, 7) is 0. The maximum atomic E-state index is 11.3. The number of rotatable bonds is 0. The van der Waals surface area contributed by atoms with Gasteiger partial charge in [0.25, 0.3) is 0 Å². The summed E-state index contributed by atoms with van der Waals surface area (Å²) < 4.78 is 0. The van der Waals surface area contributed by atoms with E-state index in [1.165, 1.54) is 6.20 Å². The zero-order valence-electron chi connectivity index (χ0n) is 7.88. The van der Waals surface area contributed by atoms with Crippen molar-refractivity contribution in [2.75, 3.05) is 4.90 Å². The average molecular weight is 203 g/mol. The Morgan fingerprint density at radius 1 is 1.27 bits per heavy atom. The summed E-state index contributed by atoms with van der Waals surface area (Å²) in [6.07, 6.45) is 3.99. The molecule has 0 saturated heterocycles. The monoisotopic (exact) mass is 203 g/mol. The van der Waals surface area contributed by atoms with E-state index in [4.69, 9.17) is 5.11 Å². The molecule has 0 radical (unpaired) electrons. The lowest BCUT2D eigenvalue weighted by atomic mass is 10.1. The highest BCUT2D eigenvalue weighted by Crippen LogP contribution is 2.25. The van der Waals surface area contributed by atoms with Gasteiger partial charge in [-0.1, -0.05) is 24.3 Å². The average Bonchev–Trinajstić information content (AvgIpc) is 2.27. The number of carbonyl (C=O) groups is 2. The van der Waals surface area contributed by atoms with E-state index >= 15 is 0 Å². The summed E-state index contributed by atoms with van der Waals surface area (Å²) in [4.78, 5) is 23.1. The van der Waals surface area contributed by atoms with Crippen LogP contribution >= 0.6 is 0 Å². The number of benzene rings is 1. The second-order valence-electron chi connectivity index (χ2n) is 3.20. The lowest BCUT2D eigenvalue weighted by molar-refractivity contribution is -0.148. The van der Waals surface area contributed by atoms with Gasteiger partial charge in [-0.2, -0.15) is 0 Å². The molecule has 4 heteroatoms. The molecule has 0 spiro atoms. The number of aliphatic carboxylic acids is 1. The Bertz CT molecular complexity index is 451. The van der Waals surface area contributed by atoms with Crippen LogP contribution in [-0.4, -0.2) is 17.0 Å². The molecule has 76 valence electrons. The Morgan fingerprint density at radius 3 is 2.73 bits per heavy atom. The van der Waals surface area contributed by atoms with Crippen molar-refractivity contribution in [3.8, 4) is 0 Å². The number of allylic oxidation sites excluding steroid dienone is 1. The van der Waals surface area contributed by atoms with Gasteiger partial charge in [-0.25, -0.2) is 4.79 Å². The van der Waals surface area contributed by atoms with Gasteiger partial charge < -0.3 is 5.11 Å². The maximum absolute atomic E-state index is 11.3. The first kappa shape index (κ1) is 9.45. The quantitative estimate of drug-likeness (QED) is 0.644. The molecule has 1 amide bonds. The van der Waals surface area contributed by atoms with Crippen LogP contribution in [0.1, 0.15) is 5.56 Å². The first-order valence-corrected chi connectivity index (χ1v) is 4.51. The van der Waals surface area contributed by atoms with Crippen LogP contribution in [0, 0.1) is 0 Å². The Kier molecular flexibility index (Phi) is 2.25. The molecule has 1 aromatic rings. The zero-order valence-corrected chi connectivity index (χ0v) is 7.88. The van der Waals surface area contributed by atoms with Crippen LogP contribution in [0.3, 0.4) is 0 Å². The molecule has 1 N–H and O–H groups in total. The van der Waals surface area contributed by atoms with Gasteiger partial charge in [0.2, 0.25) is 0 Å². The van der Waals surface area contributed by atoms with Gasteiger partial charge in [0, 0.05) is 6.20 Å². The van der Waals surface area contributed by atoms with E-state index in [1.807, 2.05) is 12.1 Å².